The van der Waals surface area contributed by atoms with Gasteiger partial charge in [-0.1, -0.05) is 176 Å². The number of aromatic nitrogens is 3. The first-order chi connectivity index (χ1) is 32.7. The van der Waals surface area contributed by atoms with Gasteiger partial charge in [-0.25, -0.2) is 0 Å². The summed E-state index contributed by atoms with van der Waals surface area (Å²) in [4.78, 5) is 13.2. The molecule has 67 heavy (non-hydrogen) atoms. The zero-order valence-corrected chi connectivity index (χ0v) is 39.1. The van der Waals surface area contributed by atoms with Crippen molar-refractivity contribution in [2.45, 2.75) is 0 Å². The molecule has 0 atom stereocenters. The van der Waals surface area contributed by atoms with E-state index in [0.29, 0.717) is 0 Å². The largest absolute Gasteiger partial charge is 0.305 e. The Hall–Kier alpha value is -8.14. The summed E-state index contributed by atoms with van der Waals surface area (Å²) < 4.78 is 0. The van der Waals surface area contributed by atoms with Gasteiger partial charge in [0, 0.05) is 44.3 Å². The average molecular weight is 1040 g/mol. The van der Waals surface area contributed by atoms with Crippen molar-refractivity contribution in [3.63, 3.8) is 0 Å². The smallest absolute Gasteiger partial charge is 0.0702 e. The second-order valence-electron chi connectivity index (χ2n) is 15.5. The molecule has 0 aliphatic heterocycles. The van der Waals surface area contributed by atoms with E-state index in [9.17, 15) is 0 Å². The monoisotopic (exact) mass is 1040 g/mol. The Kier molecular flexibility index (Phi) is 15.7. The van der Waals surface area contributed by atoms with E-state index in [1.54, 1.807) is 0 Å². The van der Waals surface area contributed by atoms with E-state index in [-0.39, 0.29) is 20.1 Å². The molecule has 323 valence electrons. The van der Waals surface area contributed by atoms with Crippen LogP contribution in [0.15, 0.2) is 273 Å². The number of benzene rings is 8. The summed E-state index contributed by atoms with van der Waals surface area (Å²) in [6.45, 7) is 0. The minimum absolute atomic E-state index is 0. The van der Waals surface area contributed by atoms with Gasteiger partial charge in [0.15, 0.2) is 0 Å². The number of hydrogen-bond donors (Lipinski definition) is 0. The molecule has 0 aliphatic carbocycles. The normalized spacial score (nSPS) is 10.3. The van der Waals surface area contributed by atoms with Crippen molar-refractivity contribution in [2.75, 3.05) is 0 Å². The second kappa shape index (κ2) is 23.2. The SMILES string of the molecule is [Ir].[c-]1ccc(-c2cccc(-c3ccccc3)c2)cc1-c1ccccn1.[c-]1ccc(-c2cccc(-c3ccccc3)c2)cc1-c1ccccn1.c1ccc(-c2cccc(-c3ccccn3)c2)cc1. The van der Waals surface area contributed by atoms with E-state index in [2.05, 4.69) is 197 Å². The van der Waals surface area contributed by atoms with Crippen LogP contribution in [0, 0.1) is 12.1 Å². The summed E-state index contributed by atoms with van der Waals surface area (Å²) in [6, 6.07) is 93.8. The molecule has 0 saturated carbocycles. The van der Waals surface area contributed by atoms with Crippen LogP contribution in [0.5, 0.6) is 0 Å². The zero-order chi connectivity index (χ0) is 44.6. The molecule has 3 aromatic heterocycles. The summed E-state index contributed by atoms with van der Waals surface area (Å²) in [6.07, 6.45) is 5.45. The summed E-state index contributed by atoms with van der Waals surface area (Å²) >= 11 is 0. The molecule has 0 unspecified atom stereocenters. The maximum absolute atomic E-state index is 4.42. The van der Waals surface area contributed by atoms with Crippen molar-refractivity contribution in [1.29, 1.82) is 0 Å². The zero-order valence-electron chi connectivity index (χ0n) is 36.7. The molecule has 0 fully saturated rings. The standard InChI is InChI=1S/2C23H16N.C17H13N.Ir/c2*1-2-8-18(9-3-1)19-10-6-11-20(16-19)21-12-7-13-22(17-21)23-14-4-5-15-24-23;1-2-7-14(8-3-1)15-9-6-10-16(13-15)17-11-4-5-12-18-17;/h2*1-12,14-17H;1-13H;/q2*-1;;. The van der Waals surface area contributed by atoms with E-state index >= 15 is 0 Å². The Morgan fingerprint density at radius 1 is 0.224 bits per heavy atom. The Morgan fingerprint density at radius 3 is 0.866 bits per heavy atom. The third kappa shape index (κ3) is 12.2. The predicted octanol–water partition coefficient (Wildman–Crippen LogP) is 16.2. The van der Waals surface area contributed by atoms with Crippen LogP contribution in [-0.2, 0) is 20.1 Å². The minimum Gasteiger partial charge on any atom is -0.305 e. The Bertz CT molecular complexity index is 2840. The molecule has 8 aromatic carbocycles. The van der Waals surface area contributed by atoms with E-state index < -0.39 is 0 Å². The Labute approximate surface area is 407 Å². The summed E-state index contributed by atoms with van der Waals surface area (Å²) in [5, 5.41) is 0. The number of nitrogens with zero attached hydrogens (tertiary/aromatic N) is 3. The van der Waals surface area contributed by atoms with Gasteiger partial charge in [-0.05, 0) is 98.4 Å². The topological polar surface area (TPSA) is 38.7 Å². The summed E-state index contributed by atoms with van der Waals surface area (Å²) in [7, 11) is 0. The van der Waals surface area contributed by atoms with Crippen LogP contribution in [-0.4, -0.2) is 15.0 Å². The molecule has 4 heteroatoms. The van der Waals surface area contributed by atoms with Gasteiger partial charge in [0.25, 0.3) is 0 Å². The van der Waals surface area contributed by atoms with Crippen LogP contribution in [0.1, 0.15) is 0 Å². The summed E-state index contributed by atoms with van der Waals surface area (Å²) in [5.41, 5.74) is 18.2. The first-order valence-corrected chi connectivity index (χ1v) is 22.0. The molecule has 1 radical (unpaired) electrons. The molecule has 0 bridgehead atoms. The first kappa shape index (κ1) is 45.4. The van der Waals surface area contributed by atoms with Crippen LogP contribution in [0.3, 0.4) is 0 Å². The minimum atomic E-state index is 0. The Balaban J connectivity index is 0.000000137. The maximum Gasteiger partial charge on any atom is 0.0702 e. The molecule has 0 amide bonds. The van der Waals surface area contributed by atoms with Gasteiger partial charge >= 0.3 is 0 Å². The van der Waals surface area contributed by atoms with Gasteiger partial charge in [-0.15, -0.1) is 70.8 Å². The molecule has 0 N–H and O–H groups in total. The van der Waals surface area contributed by atoms with Crippen molar-refractivity contribution >= 4 is 0 Å². The Morgan fingerprint density at radius 2 is 0.507 bits per heavy atom. The van der Waals surface area contributed by atoms with E-state index in [4.69, 9.17) is 0 Å². The third-order valence-electron chi connectivity index (χ3n) is 11.0. The molecule has 3 nitrogen and oxygen atoms in total. The third-order valence-corrected chi connectivity index (χ3v) is 11.0. The second-order valence-corrected chi connectivity index (χ2v) is 15.5. The number of hydrogen-bond acceptors (Lipinski definition) is 3. The van der Waals surface area contributed by atoms with E-state index in [1.807, 2.05) is 104 Å². The van der Waals surface area contributed by atoms with Crippen LogP contribution in [0.2, 0.25) is 0 Å². The maximum atomic E-state index is 4.42. The van der Waals surface area contributed by atoms with Crippen molar-refractivity contribution in [3.8, 4) is 89.4 Å². The molecule has 0 saturated heterocycles. The van der Waals surface area contributed by atoms with Crippen molar-refractivity contribution in [3.05, 3.63) is 286 Å². The van der Waals surface area contributed by atoms with E-state index in [0.717, 1.165) is 33.8 Å². The fraction of sp³-hybridized carbons (Fsp3) is 0. The van der Waals surface area contributed by atoms with Crippen LogP contribution >= 0.6 is 0 Å². The van der Waals surface area contributed by atoms with Crippen LogP contribution < -0.4 is 0 Å². The average Bonchev–Trinajstić information content (AvgIpc) is 3.43. The fourth-order valence-electron chi connectivity index (χ4n) is 7.67. The molecule has 11 rings (SSSR count). The molecule has 11 aromatic rings. The van der Waals surface area contributed by atoms with Crippen molar-refractivity contribution in [2.24, 2.45) is 0 Å². The molecule has 0 aliphatic rings. The van der Waals surface area contributed by atoms with Gasteiger partial charge in [-0.3, -0.25) is 4.98 Å². The van der Waals surface area contributed by atoms with Crippen LogP contribution in [0.25, 0.3) is 89.4 Å². The van der Waals surface area contributed by atoms with Gasteiger partial charge < -0.3 is 9.97 Å². The summed E-state index contributed by atoms with van der Waals surface area (Å²) in [5.74, 6) is 0. The van der Waals surface area contributed by atoms with Crippen LogP contribution in [0.4, 0.5) is 0 Å². The number of pyridine rings is 3. The first-order valence-electron chi connectivity index (χ1n) is 22.0. The van der Waals surface area contributed by atoms with E-state index in [1.165, 1.54) is 55.6 Å². The number of rotatable bonds is 8. The fourth-order valence-corrected chi connectivity index (χ4v) is 7.67. The molecular weight excluding hydrogens is 991 g/mol. The predicted molar refractivity (Wildman–Crippen MR) is 274 cm³/mol. The molecule has 0 spiro atoms. The van der Waals surface area contributed by atoms with Crippen molar-refractivity contribution < 1.29 is 20.1 Å². The van der Waals surface area contributed by atoms with Gasteiger partial charge in [-0.2, -0.15) is 0 Å². The molecular formula is C63H45IrN3-2. The van der Waals surface area contributed by atoms with Gasteiger partial charge in [0.05, 0.1) is 5.69 Å². The van der Waals surface area contributed by atoms with Gasteiger partial charge in [0.1, 0.15) is 0 Å². The van der Waals surface area contributed by atoms with Crippen molar-refractivity contribution in [1.82, 2.24) is 15.0 Å². The quantitative estimate of drug-likeness (QED) is 0.142. The molecule has 3 heterocycles. The van der Waals surface area contributed by atoms with Gasteiger partial charge in [0.2, 0.25) is 0 Å².